The van der Waals surface area contributed by atoms with Crippen molar-refractivity contribution in [1.82, 2.24) is 4.31 Å². The van der Waals surface area contributed by atoms with Crippen LogP contribution in [0.5, 0.6) is 5.75 Å². The predicted octanol–water partition coefficient (Wildman–Crippen LogP) is 3.80. The van der Waals surface area contributed by atoms with Crippen LogP contribution in [0.4, 0.5) is 0 Å². The summed E-state index contributed by atoms with van der Waals surface area (Å²) in [5, 5.41) is 0. The van der Waals surface area contributed by atoms with E-state index in [0.717, 1.165) is 36.6 Å². The number of unbranched alkanes of at least 4 members (excludes halogenated alkanes) is 2. The standard InChI is InChI=1S/C15H22BrNO3S/c1-2-3-6-11-20-15-12-13(7-8-14(15)16)21(18,19)17-9-4-5-10-17/h7-8,12H,2-6,9-11H2,1H3. The summed E-state index contributed by atoms with van der Waals surface area (Å²) in [6.07, 6.45) is 5.11. The number of hydrogen-bond acceptors (Lipinski definition) is 3. The summed E-state index contributed by atoms with van der Waals surface area (Å²) in [6, 6.07) is 5.01. The fourth-order valence-electron chi connectivity index (χ4n) is 2.37. The second kappa shape index (κ2) is 7.61. The quantitative estimate of drug-likeness (QED) is 0.680. The molecule has 0 aliphatic carbocycles. The van der Waals surface area contributed by atoms with Gasteiger partial charge in [-0.2, -0.15) is 4.31 Å². The number of rotatable bonds is 7. The lowest BCUT2D eigenvalue weighted by Crippen LogP contribution is -2.27. The predicted molar refractivity (Wildman–Crippen MR) is 87.2 cm³/mol. The Morgan fingerprint density at radius 2 is 1.95 bits per heavy atom. The lowest BCUT2D eigenvalue weighted by molar-refractivity contribution is 0.303. The Hall–Kier alpha value is -0.590. The van der Waals surface area contributed by atoms with Gasteiger partial charge in [-0.1, -0.05) is 19.8 Å². The van der Waals surface area contributed by atoms with Gasteiger partial charge in [-0.15, -0.1) is 0 Å². The van der Waals surface area contributed by atoms with E-state index < -0.39 is 10.0 Å². The van der Waals surface area contributed by atoms with Crippen LogP contribution in [0.15, 0.2) is 27.6 Å². The summed E-state index contributed by atoms with van der Waals surface area (Å²) >= 11 is 3.42. The molecule has 21 heavy (non-hydrogen) atoms. The van der Waals surface area contributed by atoms with E-state index in [1.165, 1.54) is 0 Å². The molecule has 1 saturated heterocycles. The van der Waals surface area contributed by atoms with Crippen LogP contribution >= 0.6 is 15.9 Å². The maximum Gasteiger partial charge on any atom is 0.243 e. The second-order valence-corrected chi connectivity index (χ2v) is 8.05. The minimum Gasteiger partial charge on any atom is -0.492 e. The van der Waals surface area contributed by atoms with Crippen molar-refractivity contribution in [2.24, 2.45) is 0 Å². The molecule has 0 N–H and O–H groups in total. The van der Waals surface area contributed by atoms with Crippen molar-refractivity contribution in [3.05, 3.63) is 22.7 Å². The van der Waals surface area contributed by atoms with Gasteiger partial charge in [-0.3, -0.25) is 0 Å². The van der Waals surface area contributed by atoms with E-state index in [9.17, 15) is 8.42 Å². The zero-order valence-corrected chi connectivity index (χ0v) is 14.7. The first-order valence-corrected chi connectivity index (χ1v) is 9.71. The third-order valence-corrected chi connectivity index (χ3v) is 6.16. The summed E-state index contributed by atoms with van der Waals surface area (Å²) < 4.78 is 33.1. The molecule has 0 saturated carbocycles. The molecule has 1 fully saturated rings. The van der Waals surface area contributed by atoms with E-state index in [1.807, 2.05) is 0 Å². The van der Waals surface area contributed by atoms with Crippen molar-refractivity contribution in [2.75, 3.05) is 19.7 Å². The van der Waals surface area contributed by atoms with Crippen molar-refractivity contribution in [2.45, 2.75) is 43.9 Å². The SMILES string of the molecule is CCCCCOc1cc(S(=O)(=O)N2CCCC2)ccc1Br. The van der Waals surface area contributed by atoms with E-state index in [4.69, 9.17) is 4.74 Å². The van der Waals surface area contributed by atoms with E-state index in [1.54, 1.807) is 22.5 Å². The molecule has 1 heterocycles. The minimum absolute atomic E-state index is 0.318. The van der Waals surface area contributed by atoms with Gasteiger partial charge in [0.05, 0.1) is 16.0 Å². The van der Waals surface area contributed by atoms with Crippen molar-refractivity contribution in [3.8, 4) is 5.75 Å². The topological polar surface area (TPSA) is 46.6 Å². The van der Waals surface area contributed by atoms with E-state index in [2.05, 4.69) is 22.9 Å². The first kappa shape index (κ1) is 16.8. The average Bonchev–Trinajstić information content (AvgIpc) is 3.00. The monoisotopic (exact) mass is 375 g/mol. The highest BCUT2D eigenvalue weighted by Gasteiger charge is 2.27. The minimum atomic E-state index is -3.38. The van der Waals surface area contributed by atoms with Crippen LogP contribution in [0.25, 0.3) is 0 Å². The third kappa shape index (κ3) is 4.20. The van der Waals surface area contributed by atoms with Crippen LogP contribution in [-0.4, -0.2) is 32.4 Å². The highest BCUT2D eigenvalue weighted by molar-refractivity contribution is 9.10. The normalized spacial score (nSPS) is 16.3. The number of halogens is 1. The van der Waals surface area contributed by atoms with Gasteiger partial charge in [0, 0.05) is 19.2 Å². The fourth-order valence-corrected chi connectivity index (χ4v) is 4.26. The van der Waals surface area contributed by atoms with Gasteiger partial charge in [0.2, 0.25) is 10.0 Å². The lowest BCUT2D eigenvalue weighted by atomic mass is 10.3. The molecule has 0 unspecified atom stereocenters. The molecule has 2 rings (SSSR count). The molecule has 0 atom stereocenters. The van der Waals surface area contributed by atoms with Gasteiger partial charge in [-0.05, 0) is 47.3 Å². The van der Waals surface area contributed by atoms with Crippen LogP contribution in [0.1, 0.15) is 39.0 Å². The Kier molecular flexibility index (Phi) is 6.08. The third-order valence-electron chi connectivity index (χ3n) is 3.61. The fraction of sp³-hybridized carbons (Fsp3) is 0.600. The Balaban J connectivity index is 2.13. The molecule has 1 aromatic rings. The van der Waals surface area contributed by atoms with Gasteiger partial charge in [0.15, 0.2) is 0 Å². The Bertz CT molecular complexity index is 568. The lowest BCUT2D eigenvalue weighted by Gasteiger charge is -2.16. The van der Waals surface area contributed by atoms with Crippen LogP contribution in [0, 0.1) is 0 Å². The molecule has 0 radical (unpaired) electrons. The van der Waals surface area contributed by atoms with E-state index >= 15 is 0 Å². The first-order valence-electron chi connectivity index (χ1n) is 7.48. The number of nitrogens with zero attached hydrogens (tertiary/aromatic N) is 1. The summed E-state index contributed by atoms with van der Waals surface area (Å²) in [7, 11) is -3.38. The largest absolute Gasteiger partial charge is 0.492 e. The van der Waals surface area contributed by atoms with Crippen LogP contribution in [0.3, 0.4) is 0 Å². The summed E-state index contributed by atoms with van der Waals surface area (Å²) in [5.74, 6) is 0.603. The maximum atomic E-state index is 12.5. The van der Waals surface area contributed by atoms with E-state index in [0.29, 0.717) is 30.3 Å². The van der Waals surface area contributed by atoms with Gasteiger partial charge < -0.3 is 4.74 Å². The number of ether oxygens (including phenoxy) is 1. The number of hydrogen-bond donors (Lipinski definition) is 0. The maximum absolute atomic E-state index is 12.5. The van der Waals surface area contributed by atoms with Gasteiger partial charge in [-0.25, -0.2) is 8.42 Å². The van der Waals surface area contributed by atoms with Gasteiger partial charge in [0.25, 0.3) is 0 Å². The summed E-state index contributed by atoms with van der Waals surface area (Å²) in [5.41, 5.74) is 0. The second-order valence-electron chi connectivity index (χ2n) is 5.26. The van der Waals surface area contributed by atoms with Gasteiger partial charge >= 0.3 is 0 Å². The molecule has 1 aromatic carbocycles. The van der Waals surface area contributed by atoms with Crippen molar-refractivity contribution < 1.29 is 13.2 Å². The molecule has 1 aliphatic rings. The summed E-state index contributed by atoms with van der Waals surface area (Å²) in [4.78, 5) is 0.318. The van der Waals surface area contributed by atoms with Crippen molar-refractivity contribution in [1.29, 1.82) is 0 Å². The smallest absolute Gasteiger partial charge is 0.243 e. The zero-order chi connectivity index (χ0) is 15.3. The summed E-state index contributed by atoms with van der Waals surface area (Å²) in [6.45, 7) is 3.98. The molecule has 0 amide bonds. The molecule has 118 valence electrons. The Labute approximate surface area is 135 Å². The highest BCUT2D eigenvalue weighted by atomic mass is 79.9. The Morgan fingerprint density at radius 3 is 2.62 bits per heavy atom. The molecule has 4 nitrogen and oxygen atoms in total. The molecule has 1 aliphatic heterocycles. The Morgan fingerprint density at radius 1 is 1.24 bits per heavy atom. The van der Waals surface area contributed by atoms with Crippen LogP contribution in [0.2, 0.25) is 0 Å². The van der Waals surface area contributed by atoms with Crippen LogP contribution in [-0.2, 0) is 10.0 Å². The molecule has 0 spiro atoms. The zero-order valence-electron chi connectivity index (χ0n) is 12.3. The molecule has 0 aromatic heterocycles. The van der Waals surface area contributed by atoms with Crippen molar-refractivity contribution in [3.63, 3.8) is 0 Å². The molecular weight excluding hydrogens is 354 g/mol. The van der Waals surface area contributed by atoms with Gasteiger partial charge in [0.1, 0.15) is 5.75 Å². The van der Waals surface area contributed by atoms with E-state index in [-0.39, 0.29) is 0 Å². The first-order chi connectivity index (χ1) is 10.1. The van der Waals surface area contributed by atoms with Crippen LogP contribution < -0.4 is 4.74 Å². The number of sulfonamides is 1. The average molecular weight is 376 g/mol. The molecule has 6 heteroatoms. The van der Waals surface area contributed by atoms with Crippen molar-refractivity contribution >= 4 is 26.0 Å². The molecule has 0 bridgehead atoms. The number of benzene rings is 1. The molecular formula is C15H22BrNO3S. The highest BCUT2D eigenvalue weighted by Crippen LogP contribution is 2.30.